The number of nitrogens with one attached hydrogen (secondary N) is 2. The van der Waals surface area contributed by atoms with Crippen LogP contribution in [0.1, 0.15) is 23.7 Å². The summed E-state index contributed by atoms with van der Waals surface area (Å²) in [6, 6.07) is 8.63. The summed E-state index contributed by atoms with van der Waals surface area (Å²) in [6.07, 6.45) is 5.53. The number of nitrogens with zero attached hydrogens (tertiary/aromatic N) is 2. The molecule has 3 rings (SSSR count). The lowest BCUT2D eigenvalue weighted by atomic mass is 10.1. The second-order valence-corrected chi connectivity index (χ2v) is 5.28. The van der Waals surface area contributed by atoms with Crippen LogP contribution in [0.5, 0.6) is 0 Å². The lowest BCUT2D eigenvalue weighted by Gasteiger charge is -2.09. The average Bonchev–Trinajstić information content (AvgIpc) is 3.00. The zero-order valence-electron chi connectivity index (χ0n) is 12.5. The Morgan fingerprint density at radius 2 is 2.14 bits per heavy atom. The molecule has 2 aromatic heterocycles. The molecule has 0 saturated heterocycles. The van der Waals surface area contributed by atoms with Crippen LogP contribution in [0.2, 0.25) is 0 Å². The van der Waals surface area contributed by atoms with E-state index >= 15 is 0 Å². The predicted octanol–water partition coefficient (Wildman–Crippen LogP) is 3.48. The van der Waals surface area contributed by atoms with Gasteiger partial charge in [0.05, 0.1) is 11.8 Å². The maximum absolute atomic E-state index is 4.69. The van der Waals surface area contributed by atoms with Gasteiger partial charge in [-0.3, -0.25) is 0 Å². The van der Waals surface area contributed by atoms with Crippen molar-refractivity contribution in [2.45, 2.75) is 26.7 Å². The molecule has 0 amide bonds. The first-order chi connectivity index (χ1) is 10.3. The lowest BCUT2D eigenvalue weighted by Crippen LogP contribution is -2.07. The molecule has 0 unspecified atom stereocenters. The van der Waals surface area contributed by atoms with Gasteiger partial charge in [-0.2, -0.15) is 0 Å². The van der Waals surface area contributed by atoms with E-state index in [0.717, 1.165) is 36.4 Å². The SMILES string of the molecule is CCc1ccc2nc(NCCc3cnc[nH]3)cc(C)c2c1. The molecule has 1 aromatic carbocycles. The van der Waals surface area contributed by atoms with Crippen molar-refractivity contribution in [2.75, 3.05) is 11.9 Å². The molecule has 3 aromatic rings. The van der Waals surface area contributed by atoms with Crippen molar-refractivity contribution in [3.8, 4) is 0 Å². The molecule has 21 heavy (non-hydrogen) atoms. The average molecular weight is 280 g/mol. The molecule has 2 N–H and O–H groups in total. The highest BCUT2D eigenvalue weighted by Crippen LogP contribution is 2.21. The summed E-state index contributed by atoms with van der Waals surface area (Å²) in [5.74, 6) is 0.934. The molecule has 0 bridgehead atoms. The molecule has 0 aliphatic carbocycles. The first-order valence-electron chi connectivity index (χ1n) is 7.37. The van der Waals surface area contributed by atoms with Crippen LogP contribution in [0.3, 0.4) is 0 Å². The number of aromatic nitrogens is 3. The highest BCUT2D eigenvalue weighted by molar-refractivity contribution is 5.84. The summed E-state index contributed by atoms with van der Waals surface area (Å²) in [7, 11) is 0. The summed E-state index contributed by atoms with van der Waals surface area (Å²) in [5, 5.41) is 4.63. The van der Waals surface area contributed by atoms with Gasteiger partial charge in [0.25, 0.3) is 0 Å². The molecule has 0 atom stereocenters. The van der Waals surface area contributed by atoms with Crippen LogP contribution >= 0.6 is 0 Å². The van der Waals surface area contributed by atoms with Crippen molar-refractivity contribution in [2.24, 2.45) is 0 Å². The molecule has 0 fully saturated rings. The fourth-order valence-corrected chi connectivity index (χ4v) is 2.50. The predicted molar refractivity (Wildman–Crippen MR) is 86.6 cm³/mol. The highest BCUT2D eigenvalue weighted by Gasteiger charge is 2.04. The third-order valence-corrected chi connectivity index (χ3v) is 3.74. The van der Waals surface area contributed by atoms with Gasteiger partial charge in [-0.25, -0.2) is 9.97 Å². The Morgan fingerprint density at radius 1 is 1.24 bits per heavy atom. The highest BCUT2D eigenvalue weighted by atomic mass is 15.0. The maximum Gasteiger partial charge on any atom is 0.126 e. The molecule has 0 radical (unpaired) electrons. The third kappa shape index (κ3) is 3.05. The summed E-state index contributed by atoms with van der Waals surface area (Å²) >= 11 is 0. The molecule has 0 saturated carbocycles. The van der Waals surface area contributed by atoms with Crippen LogP contribution in [-0.2, 0) is 12.8 Å². The number of H-pyrrole nitrogens is 1. The van der Waals surface area contributed by atoms with Crippen molar-refractivity contribution >= 4 is 16.7 Å². The van der Waals surface area contributed by atoms with E-state index < -0.39 is 0 Å². The van der Waals surface area contributed by atoms with Gasteiger partial charge < -0.3 is 10.3 Å². The standard InChI is InChI=1S/C17H20N4/c1-3-13-4-5-16-15(9-13)12(2)8-17(21-16)19-7-6-14-10-18-11-20-14/h4-5,8-11H,3,6-7H2,1-2H3,(H,18,20)(H,19,21). The fraction of sp³-hybridized carbons (Fsp3) is 0.294. The zero-order valence-corrected chi connectivity index (χ0v) is 12.5. The van der Waals surface area contributed by atoms with Gasteiger partial charge in [0.15, 0.2) is 0 Å². The summed E-state index contributed by atoms with van der Waals surface area (Å²) in [5.41, 5.74) is 4.80. The molecule has 4 heteroatoms. The fourth-order valence-electron chi connectivity index (χ4n) is 2.50. The number of aryl methyl sites for hydroxylation is 2. The largest absolute Gasteiger partial charge is 0.370 e. The Balaban J connectivity index is 1.77. The monoisotopic (exact) mass is 280 g/mol. The van der Waals surface area contributed by atoms with Gasteiger partial charge in [-0.15, -0.1) is 0 Å². The van der Waals surface area contributed by atoms with Crippen LogP contribution in [0.15, 0.2) is 36.8 Å². The third-order valence-electron chi connectivity index (χ3n) is 3.74. The number of anilines is 1. The van der Waals surface area contributed by atoms with E-state index in [1.807, 2.05) is 6.20 Å². The molecular weight excluding hydrogens is 260 g/mol. The van der Waals surface area contributed by atoms with E-state index in [2.05, 4.69) is 53.4 Å². The van der Waals surface area contributed by atoms with Gasteiger partial charge >= 0.3 is 0 Å². The van der Waals surface area contributed by atoms with Gasteiger partial charge in [-0.1, -0.05) is 13.0 Å². The van der Waals surface area contributed by atoms with Crippen LogP contribution in [-0.4, -0.2) is 21.5 Å². The second kappa shape index (κ2) is 5.95. The van der Waals surface area contributed by atoms with Crippen LogP contribution in [0, 0.1) is 6.92 Å². The van der Waals surface area contributed by atoms with E-state index in [1.54, 1.807) is 6.33 Å². The first-order valence-corrected chi connectivity index (χ1v) is 7.37. The maximum atomic E-state index is 4.69. The molecule has 0 spiro atoms. The van der Waals surface area contributed by atoms with Gasteiger partial charge in [-0.05, 0) is 42.7 Å². The van der Waals surface area contributed by atoms with Crippen LogP contribution in [0.25, 0.3) is 10.9 Å². The Labute approximate surface area is 124 Å². The Morgan fingerprint density at radius 3 is 2.90 bits per heavy atom. The molecule has 0 aliphatic rings. The number of pyridine rings is 1. The molecule has 108 valence electrons. The van der Waals surface area contributed by atoms with E-state index in [4.69, 9.17) is 4.98 Å². The molecule has 0 aliphatic heterocycles. The Hall–Kier alpha value is -2.36. The van der Waals surface area contributed by atoms with Gasteiger partial charge in [0.1, 0.15) is 5.82 Å². The van der Waals surface area contributed by atoms with E-state index in [0.29, 0.717) is 0 Å². The summed E-state index contributed by atoms with van der Waals surface area (Å²) < 4.78 is 0. The minimum absolute atomic E-state index is 0.840. The Kier molecular flexibility index (Phi) is 3.86. The van der Waals surface area contributed by atoms with Crippen molar-refractivity contribution in [1.82, 2.24) is 15.0 Å². The van der Waals surface area contributed by atoms with Crippen molar-refractivity contribution in [3.63, 3.8) is 0 Å². The quantitative estimate of drug-likeness (QED) is 0.752. The second-order valence-electron chi connectivity index (χ2n) is 5.28. The molecular formula is C17H20N4. The number of fused-ring (bicyclic) bond motifs is 1. The Bertz CT molecular complexity index is 732. The molecule has 4 nitrogen and oxygen atoms in total. The normalized spacial score (nSPS) is 11.0. The summed E-state index contributed by atoms with van der Waals surface area (Å²) in [6.45, 7) is 5.16. The number of rotatable bonds is 5. The first kappa shape index (κ1) is 13.6. The van der Waals surface area contributed by atoms with E-state index in [1.165, 1.54) is 16.5 Å². The van der Waals surface area contributed by atoms with Gasteiger partial charge in [0, 0.05) is 30.2 Å². The lowest BCUT2D eigenvalue weighted by molar-refractivity contribution is 0.969. The molecule has 2 heterocycles. The minimum atomic E-state index is 0.840. The number of hydrogen-bond donors (Lipinski definition) is 2. The minimum Gasteiger partial charge on any atom is -0.370 e. The van der Waals surface area contributed by atoms with Crippen molar-refractivity contribution < 1.29 is 0 Å². The van der Waals surface area contributed by atoms with E-state index in [9.17, 15) is 0 Å². The number of benzene rings is 1. The number of aromatic amines is 1. The van der Waals surface area contributed by atoms with E-state index in [-0.39, 0.29) is 0 Å². The number of imidazole rings is 1. The van der Waals surface area contributed by atoms with Crippen LogP contribution in [0.4, 0.5) is 5.82 Å². The number of hydrogen-bond acceptors (Lipinski definition) is 3. The van der Waals surface area contributed by atoms with Gasteiger partial charge in [0.2, 0.25) is 0 Å². The topological polar surface area (TPSA) is 53.6 Å². The van der Waals surface area contributed by atoms with Crippen molar-refractivity contribution in [1.29, 1.82) is 0 Å². The van der Waals surface area contributed by atoms with Crippen LogP contribution < -0.4 is 5.32 Å². The smallest absolute Gasteiger partial charge is 0.126 e. The zero-order chi connectivity index (χ0) is 14.7. The van der Waals surface area contributed by atoms with Crippen molar-refractivity contribution in [3.05, 3.63) is 53.6 Å². The summed E-state index contributed by atoms with van der Waals surface area (Å²) in [4.78, 5) is 11.8.